The molecule has 0 unspecified atom stereocenters. The molecule has 0 spiro atoms. The first-order chi connectivity index (χ1) is 13.0. The third-order valence-electron chi connectivity index (χ3n) is 5.99. The zero-order valence-corrected chi connectivity index (χ0v) is 15.4. The number of hydrogen-bond acceptors (Lipinski definition) is 4. The Kier molecular flexibility index (Phi) is 4.07. The number of thioether (sulfide) groups is 1. The minimum atomic E-state index is -0.646. The molecule has 1 aromatic carbocycles. The summed E-state index contributed by atoms with van der Waals surface area (Å²) in [6.07, 6.45) is 0.626. The molecule has 144 valence electrons. The molecule has 2 saturated carbocycles. The van der Waals surface area contributed by atoms with Gasteiger partial charge in [-0.25, -0.2) is 13.6 Å². The van der Waals surface area contributed by atoms with E-state index in [1.807, 2.05) is 11.8 Å². The predicted octanol–water partition coefficient (Wildman–Crippen LogP) is 2.89. The van der Waals surface area contributed by atoms with E-state index in [-0.39, 0.29) is 42.1 Å². The van der Waals surface area contributed by atoms with Gasteiger partial charge in [0.2, 0.25) is 5.91 Å². The zero-order chi connectivity index (χ0) is 18.7. The average molecular weight is 394 g/mol. The van der Waals surface area contributed by atoms with Gasteiger partial charge in [0, 0.05) is 11.5 Å². The first-order valence-corrected chi connectivity index (χ1v) is 10.5. The van der Waals surface area contributed by atoms with Gasteiger partial charge < -0.3 is 10.1 Å². The van der Waals surface area contributed by atoms with Crippen LogP contribution in [0.3, 0.4) is 0 Å². The van der Waals surface area contributed by atoms with Gasteiger partial charge in [-0.1, -0.05) is 0 Å². The van der Waals surface area contributed by atoms with Crippen molar-refractivity contribution in [3.63, 3.8) is 0 Å². The highest BCUT2D eigenvalue weighted by atomic mass is 32.2. The molecule has 4 atom stereocenters. The Morgan fingerprint density at radius 1 is 1.22 bits per heavy atom. The molecule has 4 fully saturated rings. The number of carbonyl (C=O) groups is 2. The van der Waals surface area contributed by atoms with E-state index in [1.165, 1.54) is 17.0 Å². The number of amides is 2. The van der Waals surface area contributed by atoms with Crippen LogP contribution in [0.4, 0.5) is 19.3 Å². The molecule has 8 heteroatoms. The number of benzene rings is 1. The van der Waals surface area contributed by atoms with E-state index < -0.39 is 23.8 Å². The highest BCUT2D eigenvalue weighted by molar-refractivity contribution is 7.99. The zero-order valence-electron chi connectivity index (χ0n) is 14.6. The summed E-state index contributed by atoms with van der Waals surface area (Å²) in [5.74, 6) is 1.51. The maximum atomic E-state index is 14.7. The van der Waals surface area contributed by atoms with E-state index in [0.717, 1.165) is 24.3 Å². The second kappa shape index (κ2) is 6.36. The quantitative estimate of drug-likeness (QED) is 0.834. The Bertz CT molecular complexity index is 783. The average Bonchev–Trinajstić information content (AvgIpc) is 3.50. The Labute approximate surface area is 159 Å². The van der Waals surface area contributed by atoms with Crippen molar-refractivity contribution in [2.24, 2.45) is 17.8 Å². The SMILES string of the molecule is O=C(NC[C@H]1CN(c2cc(F)c([C@H]3[C@@H]4CSC[C@@H]43)c(F)c2)C(=O)O1)C1CC1. The van der Waals surface area contributed by atoms with Crippen LogP contribution < -0.4 is 10.2 Å². The number of fused-ring (bicyclic) bond motifs is 1. The summed E-state index contributed by atoms with van der Waals surface area (Å²) in [6.45, 7) is 0.372. The van der Waals surface area contributed by atoms with Crippen LogP contribution in [0.15, 0.2) is 12.1 Å². The number of ether oxygens (including phenoxy) is 1. The number of rotatable bonds is 5. The predicted molar refractivity (Wildman–Crippen MR) is 96.8 cm³/mol. The van der Waals surface area contributed by atoms with Gasteiger partial charge in [0.05, 0.1) is 18.8 Å². The molecular formula is C19H20F2N2O3S. The Morgan fingerprint density at radius 2 is 1.89 bits per heavy atom. The van der Waals surface area contributed by atoms with Crippen molar-refractivity contribution in [1.29, 1.82) is 0 Å². The van der Waals surface area contributed by atoms with Crippen molar-refractivity contribution in [2.75, 3.05) is 29.5 Å². The van der Waals surface area contributed by atoms with Gasteiger partial charge in [0.15, 0.2) is 0 Å². The summed E-state index contributed by atoms with van der Waals surface area (Å²) in [5.41, 5.74) is 0.324. The minimum Gasteiger partial charge on any atom is -0.442 e. The first-order valence-electron chi connectivity index (χ1n) is 9.35. The minimum absolute atomic E-state index is 0.0286. The molecule has 2 amide bonds. The Morgan fingerprint density at radius 3 is 2.52 bits per heavy atom. The van der Waals surface area contributed by atoms with E-state index in [9.17, 15) is 18.4 Å². The summed E-state index contributed by atoms with van der Waals surface area (Å²) in [7, 11) is 0. The number of halogens is 2. The van der Waals surface area contributed by atoms with Gasteiger partial charge in [-0.05, 0) is 54.2 Å². The van der Waals surface area contributed by atoms with E-state index in [2.05, 4.69) is 5.32 Å². The number of carbonyl (C=O) groups excluding carboxylic acids is 2. The fourth-order valence-corrected chi connectivity index (χ4v) is 5.85. The summed E-state index contributed by atoms with van der Waals surface area (Å²) >= 11 is 1.83. The lowest BCUT2D eigenvalue weighted by Gasteiger charge is -2.16. The summed E-state index contributed by atoms with van der Waals surface area (Å²) < 4.78 is 34.5. The summed E-state index contributed by atoms with van der Waals surface area (Å²) in [4.78, 5) is 25.1. The number of nitrogens with zero attached hydrogens (tertiary/aromatic N) is 1. The fourth-order valence-electron chi connectivity index (χ4n) is 4.26. The van der Waals surface area contributed by atoms with Crippen LogP contribution in [0.25, 0.3) is 0 Å². The third kappa shape index (κ3) is 3.07. The summed E-state index contributed by atoms with van der Waals surface area (Å²) in [6, 6.07) is 2.46. The van der Waals surface area contributed by atoms with Crippen LogP contribution in [0.2, 0.25) is 0 Å². The van der Waals surface area contributed by atoms with E-state index in [1.54, 1.807) is 0 Å². The van der Waals surface area contributed by atoms with E-state index >= 15 is 0 Å². The lowest BCUT2D eigenvalue weighted by Crippen LogP contribution is -2.35. The van der Waals surface area contributed by atoms with Gasteiger partial charge >= 0.3 is 6.09 Å². The highest BCUT2D eigenvalue weighted by Crippen LogP contribution is 2.62. The molecule has 2 saturated heterocycles. The topological polar surface area (TPSA) is 58.6 Å². The Hall–Kier alpha value is -1.83. The molecule has 0 bridgehead atoms. The molecule has 27 heavy (non-hydrogen) atoms. The normalized spacial score (nSPS) is 31.6. The van der Waals surface area contributed by atoms with Gasteiger partial charge in [0.25, 0.3) is 0 Å². The van der Waals surface area contributed by atoms with Crippen molar-refractivity contribution < 1.29 is 23.1 Å². The van der Waals surface area contributed by atoms with Crippen LogP contribution >= 0.6 is 11.8 Å². The van der Waals surface area contributed by atoms with Crippen molar-refractivity contribution in [3.05, 3.63) is 29.3 Å². The van der Waals surface area contributed by atoms with Crippen LogP contribution in [0, 0.1) is 29.4 Å². The highest BCUT2D eigenvalue weighted by Gasteiger charge is 2.55. The van der Waals surface area contributed by atoms with Gasteiger partial charge in [-0.15, -0.1) is 0 Å². The van der Waals surface area contributed by atoms with Gasteiger partial charge in [-0.3, -0.25) is 9.69 Å². The molecular weight excluding hydrogens is 374 g/mol. The molecule has 2 heterocycles. The van der Waals surface area contributed by atoms with Crippen LogP contribution in [-0.2, 0) is 9.53 Å². The number of anilines is 1. The molecule has 2 aliphatic carbocycles. The second-order valence-corrected chi connectivity index (χ2v) is 8.92. The molecule has 0 aromatic heterocycles. The molecule has 5 rings (SSSR count). The number of hydrogen-bond donors (Lipinski definition) is 1. The largest absolute Gasteiger partial charge is 0.442 e. The van der Waals surface area contributed by atoms with Crippen molar-refractivity contribution in [3.8, 4) is 0 Å². The van der Waals surface area contributed by atoms with Crippen LogP contribution in [0.5, 0.6) is 0 Å². The third-order valence-corrected chi connectivity index (χ3v) is 7.23. The molecule has 5 nitrogen and oxygen atoms in total. The summed E-state index contributed by atoms with van der Waals surface area (Å²) in [5, 5.41) is 2.76. The van der Waals surface area contributed by atoms with Gasteiger partial charge in [0.1, 0.15) is 17.7 Å². The molecule has 0 radical (unpaired) electrons. The van der Waals surface area contributed by atoms with Crippen molar-refractivity contribution in [2.45, 2.75) is 24.9 Å². The maximum Gasteiger partial charge on any atom is 0.414 e. The van der Waals surface area contributed by atoms with Crippen molar-refractivity contribution >= 4 is 29.4 Å². The van der Waals surface area contributed by atoms with Crippen LogP contribution in [-0.4, -0.2) is 42.7 Å². The number of cyclic esters (lactones) is 1. The number of nitrogens with one attached hydrogen (secondary N) is 1. The molecule has 2 aliphatic heterocycles. The van der Waals surface area contributed by atoms with Gasteiger partial charge in [-0.2, -0.15) is 11.8 Å². The second-order valence-electron chi connectivity index (χ2n) is 7.85. The van der Waals surface area contributed by atoms with Crippen molar-refractivity contribution in [1.82, 2.24) is 5.32 Å². The smallest absolute Gasteiger partial charge is 0.414 e. The first kappa shape index (κ1) is 17.3. The molecule has 1 aromatic rings. The molecule has 4 aliphatic rings. The van der Waals surface area contributed by atoms with E-state index in [0.29, 0.717) is 11.8 Å². The van der Waals surface area contributed by atoms with E-state index in [4.69, 9.17) is 4.74 Å². The monoisotopic (exact) mass is 394 g/mol. The standard InChI is InChI=1S/C19H20F2N2O3S/c20-14-3-10(4-15(21)17(14)16-12-7-27-8-13(12)16)23-6-11(26-19(23)25)5-22-18(24)9-1-2-9/h3-4,9,11-13,16H,1-2,5-8H2,(H,22,24)/t11-,12-,13+,16+/m0/s1. The lowest BCUT2D eigenvalue weighted by molar-refractivity contribution is -0.122. The molecule has 1 N–H and O–H groups in total. The fraction of sp³-hybridized carbons (Fsp3) is 0.579. The van der Waals surface area contributed by atoms with Crippen LogP contribution in [0.1, 0.15) is 24.3 Å². The maximum absolute atomic E-state index is 14.7. The Balaban J connectivity index is 1.28. The lowest BCUT2D eigenvalue weighted by atomic mass is 10.1.